The average Bonchev–Trinajstić information content (AvgIpc) is 2.33. The van der Waals surface area contributed by atoms with Crippen LogP contribution in [0.5, 0.6) is 0 Å². The predicted octanol–water partition coefficient (Wildman–Crippen LogP) is 3.45. The van der Waals surface area contributed by atoms with Gasteiger partial charge in [-0.3, -0.25) is 0 Å². The number of halogens is 3. The Labute approximate surface area is 118 Å². The van der Waals surface area contributed by atoms with E-state index in [4.69, 9.17) is 0 Å². The highest BCUT2D eigenvalue weighted by Gasteiger charge is 2.31. The van der Waals surface area contributed by atoms with Crippen LogP contribution in [-0.4, -0.2) is 26.2 Å². The first-order valence-electron chi connectivity index (χ1n) is 7.01. The van der Waals surface area contributed by atoms with Crippen LogP contribution >= 0.6 is 0 Å². The fraction of sp³-hybridized carbons (Fsp3) is 0.600. The number of benzene rings is 1. The van der Waals surface area contributed by atoms with E-state index in [2.05, 4.69) is 17.1 Å². The van der Waals surface area contributed by atoms with Crippen molar-refractivity contribution in [2.45, 2.75) is 26.4 Å². The molecule has 112 valence electrons. The molecule has 0 amide bonds. The molecule has 1 aromatic rings. The second-order valence-corrected chi connectivity index (χ2v) is 5.61. The summed E-state index contributed by atoms with van der Waals surface area (Å²) in [5.74, 6) is 0.421. The zero-order chi connectivity index (χ0) is 14.8. The Morgan fingerprint density at radius 3 is 2.75 bits per heavy atom. The monoisotopic (exact) mass is 286 g/mol. The maximum Gasteiger partial charge on any atom is 0.416 e. The molecular weight excluding hydrogens is 265 g/mol. The first kappa shape index (κ1) is 15.2. The molecule has 0 aliphatic carbocycles. The maximum atomic E-state index is 12.9. The predicted molar refractivity (Wildman–Crippen MR) is 75.0 cm³/mol. The Morgan fingerprint density at radius 2 is 2.05 bits per heavy atom. The summed E-state index contributed by atoms with van der Waals surface area (Å²) in [6.45, 7) is 7.40. The maximum absolute atomic E-state index is 12.9. The van der Waals surface area contributed by atoms with Gasteiger partial charge in [0.1, 0.15) is 0 Å². The van der Waals surface area contributed by atoms with E-state index in [1.54, 1.807) is 6.07 Å². The van der Waals surface area contributed by atoms with Crippen LogP contribution in [0.4, 0.5) is 18.9 Å². The molecule has 0 bridgehead atoms. The molecule has 1 N–H and O–H groups in total. The molecule has 0 aromatic heterocycles. The molecule has 1 aromatic carbocycles. The molecule has 0 radical (unpaired) electrons. The minimum absolute atomic E-state index is 0.421. The van der Waals surface area contributed by atoms with Crippen molar-refractivity contribution in [3.8, 4) is 0 Å². The SMILES string of the molecule is Cc1ccc(C(F)(F)F)cc1N1CCCNCC(C)C1. The third-order valence-corrected chi connectivity index (χ3v) is 3.68. The molecule has 0 saturated carbocycles. The number of rotatable bonds is 1. The Kier molecular flexibility index (Phi) is 4.58. The van der Waals surface area contributed by atoms with Gasteiger partial charge >= 0.3 is 6.18 Å². The van der Waals surface area contributed by atoms with E-state index in [-0.39, 0.29) is 0 Å². The molecule has 2 rings (SSSR count). The van der Waals surface area contributed by atoms with Gasteiger partial charge in [-0.05, 0) is 50.0 Å². The summed E-state index contributed by atoms with van der Waals surface area (Å²) in [5.41, 5.74) is 1.05. The Balaban J connectivity index is 2.29. The van der Waals surface area contributed by atoms with Gasteiger partial charge in [-0.1, -0.05) is 13.0 Å². The number of alkyl halides is 3. The highest BCUT2D eigenvalue weighted by Crippen LogP contribution is 2.33. The van der Waals surface area contributed by atoms with Gasteiger partial charge in [0.25, 0.3) is 0 Å². The number of nitrogens with zero attached hydrogens (tertiary/aromatic N) is 1. The average molecular weight is 286 g/mol. The molecule has 2 nitrogen and oxygen atoms in total. The fourth-order valence-electron chi connectivity index (χ4n) is 2.62. The van der Waals surface area contributed by atoms with E-state index in [0.717, 1.165) is 44.2 Å². The molecule has 1 unspecified atom stereocenters. The van der Waals surface area contributed by atoms with Crippen molar-refractivity contribution >= 4 is 5.69 Å². The molecule has 0 spiro atoms. The first-order valence-corrected chi connectivity index (χ1v) is 7.01. The van der Waals surface area contributed by atoms with Crippen molar-refractivity contribution < 1.29 is 13.2 Å². The van der Waals surface area contributed by atoms with Gasteiger partial charge in [-0.2, -0.15) is 13.2 Å². The Morgan fingerprint density at radius 1 is 1.30 bits per heavy atom. The molecule has 1 aliphatic rings. The lowest BCUT2D eigenvalue weighted by Gasteiger charge is -2.32. The Hall–Kier alpha value is -1.23. The topological polar surface area (TPSA) is 15.3 Å². The van der Waals surface area contributed by atoms with Crippen LogP contribution in [-0.2, 0) is 6.18 Å². The minimum atomic E-state index is -4.28. The molecule has 20 heavy (non-hydrogen) atoms. The number of hydrogen-bond donors (Lipinski definition) is 1. The quantitative estimate of drug-likeness (QED) is 0.850. The van der Waals surface area contributed by atoms with Gasteiger partial charge in [-0.15, -0.1) is 0 Å². The van der Waals surface area contributed by atoms with Gasteiger partial charge in [0.2, 0.25) is 0 Å². The fourth-order valence-corrected chi connectivity index (χ4v) is 2.62. The van der Waals surface area contributed by atoms with E-state index in [1.807, 2.05) is 6.92 Å². The minimum Gasteiger partial charge on any atom is -0.371 e. The van der Waals surface area contributed by atoms with Gasteiger partial charge < -0.3 is 10.2 Å². The van der Waals surface area contributed by atoms with Crippen LogP contribution in [0.3, 0.4) is 0 Å². The van der Waals surface area contributed by atoms with Gasteiger partial charge in [-0.25, -0.2) is 0 Å². The van der Waals surface area contributed by atoms with Crippen molar-refractivity contribution in [1.82, 2.24) is 5.32 Å². The van der Waals surface area contributed by atoms with E-state index in [9.17, 15) is 13.2 Å². The lowest BCUT2D eigenvalue weighted by Crippen LogP contribution is -2.39. The summed E-state index contributed by atoms with van der Waals surface area (Å²) < 4.78 is 38.6. The van der Waals surface area contributed by atoms with Crippen LogP contribution in [0.1, 0.15) is 24.5 Å². The first-order chi connectivity index (χ1) is 9.38. The van der Waals surface area contributed by atoms with Gasteiger partial charge in [0, 0.05) is 18.8 Å². The second-order valence-electron chi connectivity index (χ2n) is 5.61. The number of nitrogens with one attached hydrogen (secondary N) is 1. The van der Waals surface area contributed by atoms with E-state index >= 15 is 0 Å². The standard InChI is InChI=1S/C15H21F3N2/c1-11-9-19-6-3-7-20(10-11)14-8-13(15(16,17)18)5-4-12(14)2/h4-5,8,11,19H,3,6-7,9-10H2,1-2H3. The third kappa shape index (κ3) is 3.66. The van der Waals surface area contributed by atoms with Crippen LogP contribution in [0, 0.1) is 12.8 Å². The summed E-state index contributed by atoms with van der Waals surface area (Å²) in [6.07, 6.45) is -3.33. The number of hydrogen-bond acceptors (Lipinski definition) is 2. The van der Waals surface area contributed by atoms with Crippen molar-refractivity contribution in [2.24, 2.45) is 5.92 Å². The number of anilines is 1. The highest BCUT2D eigenvalue weighted by atomic mass is 19.4. The molecule has 1 atom stereocenters. The summed E-state index contributed by atoms with van der Waals surface area (Å²) in [4.78, 5) is 2.09. The largest absolute Gasteiger partial charge is 0.416 e. The molecular formula is C15H21F3N2. The lowest BCUT2D eigenvalue weighted by molar-refractivity contribution is -0.137. The number of aryl methyl sites for hydroxylation is 1. The van der Waals surface area contributed by atoms with Crippen LogP contribution in [0.25, 0.3) is 0 Å². The van der Waals surface area contributed by atoms with Crippen LogP contribution < -0.4 is 10.2 Å². The summed E-state index contributed by atoms with van der Waals surface area (Å²) in [7, 11) is 0. The van der Waals surface area contributed by atoms with Crippen LogP contribution in [0.15, 0.2) is 18.2 Å². The Bertz CT molecular complexity index is 457. The summed E-state index contributed by atoms with van der Waals surface area (Å²) in [5, 5.41) is 3.35. The second kappa shape index (κ2) is 6.04. The van der Waals surface area contributed by atoms with E-state index in [1.165, 1.54) is 6.07 Å². The van der Waals surface area contributed by atoms with Crippen molar-refractivity contribution in [3.63, 3.8) is 0 Å². The smallest absolute Gasteiger partial charge is 0.371 e. The van der Waals surface area contributed by atoms with Gasteiger partial charge in [0.05, 0.1) is 5.56 Å². The third-order valence-electron chi connectivity index (χ3n) is 3.68. The highest BCUT2D eigenvalue weighted by molar-refractivity contribution is 5.55. The van der Waals surface area contributed by atoms with Crippen molar-refractivity contribution in [1.29, 1.82) is 0 Å². The van der Waals surface area contributed by atoms with Crippen molar-refractivity contribution in [3.05, 3.63) is 29.3 Å². The zero-order valence-corrected chi connectivity index (χ0v) is 11.9. The van der Waals surface area contributed by atoms with E-state index in [0.29, 0.717) is 11.6 Å². The van der Waals surface area contributed by atoms with Crippen molar-refractivity contribution in [2.75, 3.05) is 31.1 Å². The molecule has 1 fully saturated rings. The summed E-state index contributed by atoms with van der Waals surface area (Å²) in [6, 6.07) is 4.02. The van der Waals surface area contributed by atoms with Crippen LogP contribution in [0.2, 0.25) is 0 Å². The molecule has 1 heterocycles. The van der Waals surface area contributed by atoms with E-state index < -0.39 is 11.7 Å². The molecule has 5 heteroatoms. The molecule has 1 saturated heterocycles. The molecule has 1 aliphatic heterocycles. The van der Waals surface area contributed by atoms with Gasteiger partial charge in [0.15, 0.2) is 0 Å². The summed E-state index contributed by atoms with van der Waals surface area (Å²) >= 11 is 0. The lowest BCUT2D eigenvalue weighted by atomic mass is 10.0. The zero-order valence-electron chi connectivity index (χ0n) is 11.9. The normalized spacial score (nSPS) is 21.4.